The predicted octanol–water partition coefficient (Wildman–Crippen LogP) is 2.72. The molecular weight excluding hydrogens is 268 g/mol. The lowest BCUT2D eigenvalue weighted by molar-refractivity contribution is 0.288. The molecule has 0 atom stereocenters. The summed E-state index contributed by atoms with van der Waals surface area (Å²) in [5.74, 6) is 0.780. The van der Waals surface area contributed by atoms with Gasteiger partial charge in [0.1, 0.15) is 5.84 Å². The predicted molar refractivity (Wildman–Crippen MR) is 83.7 cm³/mol. The number of nitrogens with two attached hydrogens (primary N) is 1. The monoisotopic (exact) mass is 292 g/mol. The summed E-state index contributed by atoms with van der Waals surface area (Å²) in [6, 6.07) is 0. The molecule has 20 heavy (non-hydrogen) atoms. The Balaban J connectivity index is 1.62. The van der Waals surface area contributed by atoms with E-state index in [-0.39, 0.29) is 5.84 Å². The number of rotatable bonds is 5. The van der Waals surface area contributed by atoms with Gasteiger partial charge in [-0.3, -0.25) is 5.41 Å². The van der Waals surface area contributed by atoms with Crippen LogP contribution in [0.25, 0.3) is 0 Å². The van der Waals surface area contributed by atoms with Crippen LogP contribution >= 0.6 is 11.3 Å². The zero-order valence-electron chi connectivity index (χ0n) is 12.0. The second kappa shape index (κ2) is 6.22. The fraction of sp³-hybridized carbons (Fsp3) is 0.733. The number of aromatic nitrogens is 1. The minimum atomic E-state index is 0.199. The van der Waals surface area contributed by atoms with E-state index < -0.39 is 0 Å². The third-order valence-corrected chi connectivity index (χ3v) is 5.41. The van der Waals surface area contributed by atoms with Crippen LogP contribution in [0.4, 0.5) is 0 Å². The van der Waals surface area contributed by atoms with Crippen LogP contribution in [0.15, 0.2) is 0 Å². The highest BCUT2D eigenvalue weighted by Gasteiger charge is 2.30. The van der Waals surface area contributed by atoms with Gasteiger partial charge in [0, 0.05) is 18.9 Å². The fourth-order valence-corrected chi connectivity index (χ4v) is 3.92. The Kier molecular flexibility index (Phi) is 4.36. The number of hydrogen-bond acceptors (Lipinski definition) is 4. The number of nitrogens with zero attached hydrogens (tertiary/aromatic N) is 2. The van der Waals surface area contributed by atoms with Crippen molar-refractivity contribution in [2.45, 2.75) is 50.9 Å². The van der Waals surface area contributed by atoms with Crippen molar-refractivity contribution in [1.29, 1.82) is 5.41 Å². The van der Waals surface area contributed by atoms with Crippen LogP contribution in [0.1, 0.15) is 60.0 Å². The van der Waals surface area contributed by atoms with Crippen LogP contribution in [0, 0.1) is 5.41 Å². The summed E-state index contributed by atoms with van der Waals surface area (Å²) in [5.41, 5.74) is 6.80. The Morgan fingerprint density at radius 3 is 2.55 bits per heavy atom. The van der Waals surface area contributed by atoms with E-state index in [1.807, 2.05) is 0 Å². The first-order valence-corrected chi connectivity index (χ1v) is 8.62. The largest absolute Gasteiger partial charge is 0.383 e. The van der Waals surface area contributed by atoms with Gasteiger partial charge in [0.05, 0.1) is 15.6 Å². The van der Waals surface area contributed by atoms with E-state index in [0.717, 1.165) is 23.5 Å². The molecule has 1 saturated heterocycles. The second-order valence-electron chi connectivity index (χ2n) is 6.02. The minimum Gasteiger partial charge on any atom is -0.383 e. The number of amidine groups is 1. The molecule has 0 unspecified atom stereocenters. The Bertz CT molecular complexity index is 470. The van der Waals surface area contributed by atoms with Crippen LogP contribution in [-0.2, 0) is 6.42 Å². The summed E-state index contributed by atoms with van der Waals surface area (Å²) in [5, 5.41) is 8.87. The topological polar surface area (TPSA) is 66.0 Å². The number of nitrogens with one attached hydrogen (secondary N) is 1. The molecule has 3 N–H and O–H groups in total. The third-order valence-electron chi connectivity index (χ3n) is 4.25. The van der Waals surface area contributed by atoms with Crippen LogP contribution in [-0.4, -0.2) is 35.4 Å². The Morgan fingerprint density at radius 2 is 1.95 bits per heavy atom. The molecule has 1 aliphatic heterocycles. The summed E-state index contributed by atoms with van der Waals surface area (Å²) in [6.07, 6.45) is 8.89. The summed E-state index contributed by atoms with van der Waals surface area (Å²) in [4.78, 5) is 8.27. The first-order valence-electron chi connectivity index (χ1n) is 7.80. The molecule has 0 amide bonds. The Labute approximate surface area is 124 Å². The lowest BCUT2D eigenvalue weighted by Gasteiger charge is -2.18. The highest BCUT2D eigenvalue weighted by molar-refractivity contribution is 7.13. The SMILES string of the molecule is N=C(N)c1sc(CCN2CCCCCC2)nc1C1CC1. The number of likely N-dealkylation sites (tertiary alicyclic amines) is 1. The van der Waals surface area contributed by atoms with E-state index in [4.69, 9.17) is 16.1 Å². The van der Waals surface area contributed by atoms with E-state index in [1.165, 1.54) is 56.6 Å². The number of nitrogen functional groups attached to an aromatic ring is 1. The van der Waals surface area contributed by atoms with Crippen LogP contribution in [0.3, 0.4) is 0 Å². The van der Waals surface area contributed by atoms with E-state index in [1.54, 1.807) is 11.3 Å². The van der Waals surface area contributed by atoms with E-state index in [2.05, 4.69) is 4.90 Å². The average Bonchev–Trinajstić information content (AvgIpc) is 3.22. The van der Waals surface area contributed by atoms with Crippen molar-refractivity contribution in [1.82, 2.24) is 9.88 Å². The maximum absolute atomic E-state index is 7.71. The van der Waals surface area contributed by atoms with Crippen molar-refractivity contribution in [2.75, 3.05) is 19.6 Å². The second-order valence-corrected chi connectivity index (χ2v) is 7.10. The van der Waals surface area contributed by atoms with Gasteiger partial charge >= 0.3 is 0 Å². The normalized spacial score (nSPS) is 20.8. The molecule has 3 rings (SSSR count). The van der Waals surface area contributed by atoms with Crippen LogP contribution in [0.2, 0.25) is 0 Å². The lowest BCUT2D eigenvalue weighted by atomic mass is 10.2. The van der Waals surface area contributed by atoms with Crippen molar-refractivity contribution in [3.05, 3.63) is 15.6 Å². The third kappa shape index (κ3) is 3.38. The molecule has 0 bridgehead atoms. The zero-order valence-corrected chi connectivity index (χ0v) is 12.8. The van der Waals surface area contributed by atoms with Crippen molar-refractivity contribution in [3.8, 4) is 0 Å². The molecule has 1 aliphatic carbocycles. The summed E-state index contributed by atoms with van der Waals surface area (Å²) in [6.45, 7) is 3.58. The molecule has 5 heteroatoms. The summed E-state index contributed by atoms with van der Waals surface area (Å²) >= 11 is 1.64. The molecule has 0 spiro atoms. The van der Waals surface area contributed by atoms with Gasteiger partial charge in [-0.2, -0.15) is 0 Å². The van der Waals surface area contributed by atoms with Crippen molar-refractivity contribution in [2.24, 2.45) is 5.73 Å². The highest BCUT2D eigenvalue weighted by atomic mass is 32.1. The van der Waals surface area contributed by atoms with Crippen LogP contribution in [0.5, 0.6) is 0 Å². The minimum absolute atomic E-state index is 0.199. The Hall–Kier alpha value is -0.940. The van der Waals surface area contributed by atoms with Gasteiger partial charge in [-0.1, -0.05) is 12.8 Å². The van der Waals surface area contributed by atoms with Gasteiger partial charge in [0.2, 0.25) is 0 Å². The highest BCUT2D eigenvalue weighted by Crippen LogP contribution is 2.42. The fourth-order valence-electron chi connectivity index (χ4n) is 2.92. The number of thiazole rings is 1. The smallest absolute Gasteiger partial charge is 0.135 e. The molecule has 2 heterocycles. The standard InChI is InChI=1S/C15H24N4S/c16-15(17)14-13(11-5-6-11)18-12(20-14)7-10-19-8-3-1-2-4-9-19/h11H,1-10H2,(H3,16,17). The van der Waals surface area contributed by atoms with Gasteiger partial charge in [-0.25, -0.2) is 4.98 Å². The molecule has 110 valence electrons. The molecule has 0 aromatic carbocycles. The molecule has 1 aromatic rings. The van der Waals surface area contributed by atoms with Crippen molar-refractivity contribution >= 4 is 17.2 Å². The summed E-state index contributed by atoms with van der Waals surface area (Å²) in [7, 11) is 0. The van der Waals surface area contributed by atoms with E-state index >= 15 is 0 Å². The molecule has 1 aromatic heterocycles. The lowest BCUT2D eigenvalue weighted by Crippen LogP contribution is -2.26. The molecule has 2 aliphatic rings. The maximum atomic E-state index is 7.71. The van der Waals surface area contributed by atoms with Gasteiger partial charge in [0.15, 0.2) is 0 Å². The summed E-state index contributed by atoms with van der Waals surface area (Å²) < 4.78 is 0. The van der Waals surface area contributed by atoms with Crippen LogP contribution < -0.4 is 5.73 Å². The quantitative estimate of drug-likeness (QED) is 0.648. The average molecular weight is 292 g/mol. The first-order chi connectivity index (χ1) is 9.74. The van der Waals surface area contributed by atoms with E-state index in [0.29, 0.717) is 5.92 Å². The van der Waals surface area contributed by atoms with Crippen molar-refractivity contribution < 1.29 is 0 Å². The van der Waals surface area contributed by atoms with Gasteiger partial charge in [-0.15, -0.1) is 11.3 Å². The maximum Gasteiger partial charge on any atom is 0.135 e. The van der Waals surface area contributed by atoms with Gasteiger partial charge in [-0.05, 0) is 38.8 Å². The molecule has 0 radical (unpaired) electrons. The molecule has 4 nitrogen and oxygen atoms in total. The van der Waals surface area contributed by atoms with Gasteiger partial charge in [0.25, 0.3) is 0 Å². The van der Waals surface area contributed by atoms with E-state index in [9.17, 15) is 0 Å². The first kappa shape index (κ1) is 14.0. The zero-order chi connectivity index (χ0) is 13.9. The Morgan fingerprint density at radius 1 is 1.25 bits per heavy atom. The number of hydrogen-bond donors (Lipinski definition) is 2. The molecular formula is C15H24N4S. The van der Waals surface area contributed by atoms with Gasteiger partial charge < -0.3 is 10.6 Å². The molecule has 1 saturated carbocycles. The van der Waals surface area contributed by atoms with Crippen molar-refractivity contribution in [3.63, 3.8) is 0 Å². The molecule has 2 fully saturated rings.